The van der Waals surface area contributed by atoms with Crippen LogP contribution in [-0.2, 0) is 16.6 Å². The summed E-state index contributed by atoms with van der Waals surface area (Å²) in [6.45, 7) is 0.764. The molecule has 0 aliphatic heterocycles. The van der Waals surface area contributed by atoms with E-state index in [0.717, 1.165) is 6.07 Å². The Labute approximate surface area is 129 Å². The second-order valence-corrected chi connectivity index (χ2v) is 7.40. The van der Waals surface area contributed by atoms with Crippen LogP contribution in [0.25, 0.3) is 0 Å². The first-order chi connectivity index (χ1) is 9.49. The predicted molar refractivity (Wildman–Crippen MR) is 75.1 cm³/mol. The topological polar surface area (TPSA) is 57.6 Å². The monoisotopic (exact) mass is 389 g/mol. The van der Waals surface area contributed by atoms with Crippen LogP contribution in [0.2, 0.25) is 0 Å². The number of aliphatic hydroxyl groups excluding tert-OH is 1. The first-order valence-electron chi connectivity index (χ1n) is 5.97. The number of rotatable bonds is 5. The minimum atomic E-state index is -4.64. The fraction of sp³-hybridized carbons (Fsp3) is 0.500. The van der Waals surface area contributed by atoms with Crippen LogP contribution >= 0.6 is 15.9 Å². The number of alkyl halides is 3. The summed E-state index contributed by atoms with van der Waals surface area (Å²) < 4.78 is 63.2. The van der Waals surface area contributed by atoms with Gasteiger partial charge in [-0.1, -0.05) is 6.07 Å². The fourth-order valence-corrected chi connectivity index (χ4v) is 4.29. The molecule has 0 heterocycles. The molecule has 0 spiro atoms. The summed E-state index contributed by atoms with van der Waals surface area (Å²) >= 11 is 3.02. The molecule has 0 saturated carbocycles. The standard InChI is InChI=1S/C12H15BrF3NO3S/c1-8(2)17(7-12(14,15)16)21(19,20)11-5-9(6-18)3-4-10(11)13/h3-5,8,18H,6-7H2,1-2H3. The predicted octanol–water partition coefficient (Wildman–Crippen LogP) is 2.90. The fourth-order valence-electron chi connectivity index (χ4n) is 1.69. The number of hydrogen-bond acceptors (Lipinski definition) is 3. The van der Waals surface area contributed by atoms with Crippen molar-refractivity contribution >= 4 is 26.0 Å². The van der Waals surface area contributed by atoms with Crippen molar-refractivity contribution in [1.82, 2.24) is 4.31 Å². The minimum Gasteiger partial charge on any atom is -0.392 e. The van der Waals surface area contributed by atoms with Gasteiger partial charge in [-0.05, 0) is 47.5 Å². The lowest BCUT2D eigenvalue weighted by molar-refractivity contribution is -0.138. The zero-order valence-corrected chi connectivity index (χ0v) is 13.8. The summed E-state index contributed by atoms with van der Waals surface area (Å²) in [5.74, 6) is 0. The summed E-state index contributed by atoms with van der Waals surface area (Å²) in [6.07, 6.45) is -4.64. The molecule has 1 aromatic rings. The Kier molecular flexibility index (Phi) is 5.82. The molecular formula is C12H15BrF3NO3S. The number of hydrogen-bond donors (Lipinski definition) is 1. The van der Waals surface area contributed by atoms with E-state index in [1.54, 1.807) is 0 Å². The smallest absolute Gasteiger partial charge is 0.392 e. The van der Waals surface area contributed by atoms with Gasteiger partial charge in [-0.2, -0.15) is 17.5 Å². The Morgan fingerprint density at radius 3 is 2.33 bits per heavy atom. The highest BCUT2D eigenvalue weighted by Crippen LogP contribution is 2.30. The lowest BCUT2D eigenvalue weighted by Gasteiger charge is -2.27. The molecule has 1 aromatic carbocycles. The molecule has 0 radical (unpaired) electrons. The summed E-state index contributed by atoms with van der Waals surface area (Å²) in [7, 11) is -4.34. The molecule has 9 heteroatoms. The average molecular weight is 390 g/mol. The van der Waals surface area contributed by atoms with Gasteiger partial charge in [0, 0.05) is 10.5 Å². The van der Waals surface area contributed by atoms with Gasteiger partial charge >= 0.3 is 6.18 Å². The largest absolute Gasteiger partial charge is 0.402 e. The Hall–Kier alpha value is -0.640. The lowest BCUT2D eigenvalue weighted by atomic mass is 10.2. The Bertz CT molecular complexity index is 602. The van der Waals surface area contributed by atoms with Crippen molar-refractivity contribution in [2.45, 2.75) is 37.6 Å². The maximum Gasteiger partial charge on any atom is 0.402 e. The van der Waals surface area contributed by atoms with E-state index < -0.39 is 35.4 Å². The third-order valence-electron chi connectivity index (χ3n) is 2.68. The number of halogens is 4. The molecule has 4 nitrogen and oxygen atoms in total. The van der Waals surface area contributed by atoms with E-state index in [0.29, 0.717) is 9.87 Å². The van der Waals surface area contributed by atoms with E-state index >= 15 is 0 Å². The van der Waals surface area contributed by atoms with Gasteiger partial charge in [-0.25, -0.2) is 8.42 Å². The highest BCUT2D eigenvalue weighted by Gasteiger charge is 2.39. The number of nitrogens with zero attached hydrogens (tertiary/aromatic N) is 1. The maximum atomic E-state index is 12.6. The first kappa shape index (κ1) is 18.4. The van der Waals surface area contributed by atoms with Crippen LogP contribution in [0.5, 0.6) is 0 Å². The van der Waals surface area contributed by atoms with Gasteiger partial charge in [-0.15, -0.1) is 0 Å². The Balaban J connectivity index is 3.36. The van der Waals surface area contributed by atoms with E-state index in [2.05, 4.69) is 15.9 Å². The van der Waals surface area contributed by atoms with Gasteiger partial charge < -0.3 is 5.11 Å². The Morgan fingerprint density at radius 1 is 1.33 bits per heavy atom. The van der Waals surface area contributed by atoms with E-state index in [1.165, 1.54) is 26.0 Å². The SMILES string of the molecule is CC(C)N(CC(F)(F)F)S(=O)(=O)c1cc(CO)ccc1Br. The zero-order chi connectivity index (χ0) is 16.4. The molecule has 0 unspecified atom stereocenters. The van der Waals surface area contributed by atoms with E-state index in [1.807, 2.05) is 0 Å². The first-order valence-corrected chi connectivity index (χ1v) is 8.20. The van der Waals surface area contributed by atoms with E-state index in [-0.39, 0.29) is 9.37 Å². The molecule has 0 aliphatic rings. The zero-order valence-electron chi connectivity index (χ0n) is 11.4. The normalized spacial score (nSPS) is 13.2. The van der Waals surface area contributed by atoms with Crippen molar-refractivity contribution in [3.63, 3.8) is 0 Å². The van der Waals surface area contributed by atoms with Gasteiger partial charge in [0.15, 0.2) is 0 Å². The molecule has 0 bridgehead atoms. The van der Waals surface area contributed by atoms with Gasteiger partial charge in [-0.3, -0.25) is 0 Å². The molecule has 1 rings (SSSR count). The van der Waals surface area contributed by atoms with Crippen LogP contribution in [0, 0.1) is 0 Å². The third kappa shape index (κ3) is 4.67. The average Bonchev–Trinajstić information content (AvgIpc) is 2.35. The molecule has 0 aromatic heterocycles. The van der Waals surface area contributed by atoms with Crippen molar-refractivity contribution < 1.29 is 26.7 Å². The van der Waals surface area contributed by atoms with Crippen LogP contribution < -0.4 is 0 Å². The van der Waals surface area contributed by atoms with Crippen molar-refractivity contribution in [3.05, 3.63) is 28.2 Å². The van der Waals surface area contributed by atoms with Crippen LogP contribution in [0.4, 0.5) is 13.2 Å². The molecule has 120 valence electrons. The van der Waals surface area contributed by atoms with Crippen molar-refractivity contribution in [1.29, 1.82) is 0 Å². The summed E-state index contributed by atoms with van der Waals surface area (Å²) in [5.41, 5.74) is 0.299. The number of aliphatic hydroxyl groups is 1. The van der Waals surface area contributed by atoms with Crippen LogP contribution in [0.3, 0.4) is 0 Å². The quantitative estimate of drug-likeness (QED) is 0.841. The summed E-state index contributed by atoms with van der Waals surface area (Å²) in [5, 5.41) is 9.05. The van der Waals surface area contributed by atoms with Crippen molar-refractivity contribution in [2.75, 3.05) is 6.54 Å². The number of benzene rings is 1. The molecule has 0 saturated heterocycles. The molecular weight excluding hydrogens is 375 g/mol. The van der Waals surface area contributed by atoms with Crippen LogP contribution in [-0.4, -0.2) is 36.6 Å². The van der Waals surface area contributed by atoms with E-state index in [9.17, 15) is 21.6 Å². The van der Waals surface area contributed by atoms with Gasteiger partial charge in [0.25, 0.3) is 0 Å². The minimum absolute atomic E-state index is 0.146. The lowest BCUT2D eigenvalue weighted by Crippen LogP contribution is -2.43. The van der Waals surface area contributed by atoms with Crippen LogP contribution in [0.15, 0.2) is 27.6 Å². The highest BCUT2D eigenvalue weighted by molar-refractivity contribution is 9.10. The second-order valence-electron chi connectivity index (χ2n) is 4.68. The molecule has 0 atom stereocenters. The molecule has 21 heavy (non-hydrogen) atoms. The third-order valence-corrected chi connectivity index (χ3v) is 5.69. The summed E-state index contributed by atoms with van der Waals surface area (Å²) in [4.78, 5) is -0.299. The van der Waals surface area contributed by atoms with E-state index in [4.69, 9.17) is 5.11 Å². The molecule has 1 N–H and O–H groups in total. The van der Waals surface area contributed by atoms with Crippen LogP contribution in [0.1, 0.15) is 19.4 Å². The highest BCUT2D eigenvalue weighted by atomic mass is 79.9. The number of sulfonamides is 1. The molecule has 0 amide bonds. The van der Waals surface area contributed by atoms with Gasteiger partial charge in [0.05, 0.1) is 11.5 Å². The molecule has 0 fully saturated rings. The van der Waals surface area contributed by atoms with Gasteiger partial charge in [0.1, 0.15) is 6.54 Å². The van der Waals surface area contributed by atoms with Crippen molar-refractivity contribution in [2.24, 2.45) is 0 Å². The maximum absolute atomic E-state index is 12.6. The van der Waals surface area contributed by atoms with Crippen molar-refractivity contribution in [3.8, 4) is 0 Å². The molecule has 0 aliphatic carbocycles. The van der Waals surface area contributed by atoms with Gasteiger partial charge in [0.2, 0.25) is 10.0 Å². The second kappa shape index (κ2) is 6.64. The summed E-state index contributed by atoms with van der Waals surface area (Å²) in [6, 6.07) is 3.16. The Morgan fingerprint density at radius 2 is 1.90 bits per heavy atom.